The molecule has 2 aliphatic heterocycles. The van der Waals surface area contributed by atoms with Crippen LogP contribution in [0.25, 0.3) is 10.8 Å². The number of hydrogen-bond acceptors (Lipinski definition) is 4. The largest absolute Gasteiger partial charge is 0.468 e. The zero-order valence-corrected chi connectivity index (χ0v) is 14.4. The van der Waals surface area contributed by atoms with E-state index in [0.717, 1.165) is 34.9 Å². The Morgan fingerprint density at radius 1 is 1.17 bits per heavy atom. The van der Waals surface area contributed by atoms with E-state index in [9.17, 15) is 5.11 Å². The minimum atomic E-state index is -0.729. The van der Waals surface area contributed by atoms with Gasteiger partial charge in [0.1, 0.15) is 5.75 Å². The highest BCUT2D eigenvalue weighted by Gasteiger charge is 2.47. The van der Waals surface area contributed by atoms with Gasteiger partial charge in [0.25, 0.3) is 0 Å². The first-order valence-electron chi connectivity index (χ1n) is 8.70. The number of benzene rings is 2. The van der Waals surface area contributed by atoms with Gasteiger partial charge in [0.2, 0.25) is 0 Å². The van der Waals surface area contributed by atoms with Crippen molar-refractivity contribution in [3.63, 3.8) is 0 Å². The summed E-state index contributed by atoms with van der Waals surface area (Å²) in [7, 11) is 3.81. The maximum atomic E-state index is 11.5. The predicted molar refractivity (Wildman–Crippen MR) is 94.2 cm³/mol. The molecule has 2 heterocycles. The minimum absolute atomic E-state index is 0.241. The van der Waals surface area contributed by atoms with Crippen LogP contribution in [0, 0.1) is 0 Å². The third kappa shape index (κ3) is 2.59. The van der Waals surface area contributed by atoms with Crippen molar-refractivity contribution in [1.82, 2.24) is 4.90 Å². The van der Waals surface area contributed by atoms with Crippen LogP contribution in [0.4, 0.5) is 0 Å². The molecule has 2 aromatic carbocycles. The Bertz CT molecular complexity index is 731. The summed E-state index contributed by atoms with van der Waals surface area (Å²) in [4.78, 5) is 2.45. The Labute approximate surface area is 143 Å². The molecule has 0 saturated carbocycles. The highest BCUT2D eigenvalue weighted by Crippen LogP contribution is 2.46. The lowest BCUT2D eigenvalue weighted by Crippen LogP contribution is -2.47. The molecule has 24 heavy (non-hydrogen) atoms. The summed E-state index contributed by atoms with van der Waals surface area (Å²) in [5, 5.41) is 13.7. The van der Waals surface area contributed by atoms with Crippen LogP contribution in [0.3, 0.4) is 0 Å². The Balaban J connectivity index is 1.71. The Morgan fingerprint density at radius 3 is 2.62 bits per heavy atom. The fourth-order valence-electron chi connectivity index (χ4n) is 4.55. The second-order valence-electron chi connectivity index (χ2n) is 7.23. The molecule has 128 valence electrons. The molecule has 2 aliphatic rings. The lowest BCUT2D eigenvalue weighted by Gasteiger charge is -2.42. The fourth-order valence-corrected chi connectivity index (χ4v) is 4.55. The molecule has 4 heteroatoms. The second-order valence-corrected chi connectivity index (χ2v) is 7.23. The van der Waals surface area contributed by atoms with Crippen LogP contribution < -0.4 is 4.74 Å². The third-order valence-corrected chi connectivity index (χ3v) is 5.83. The van der Waals surface area contributed by atoms with E-state index >= 15 is 0 Å². The first kappa shape index (κ1) is 15.9. The van der Waals surface area contributed by atoms with Crippen LogP contribution in [0.2, 0.25) is 0 Å². The molecule has 4 rings (SSSR count). The molecule has 2 aromatic rings. The summed E-state index contributed by atoms with van der Waals surface area (Å²) in [6.45, 7) is 0.241. The molecule has 2 unspecified atom stereocenters. The molecule has 2 bridgehead atoms. The third-order valence-electron chi connectivity index (χ3n) is 5.83. The van der Waals surface area contributed by atoms with E-state index in [0.29, 0.717) is 12.1 Å². The Hall–Kier alpha value is -1.62. The molecule has 2 atom stereocenters. The molecule has 0 radical (unpaired) electrons. The maximum Gasteiger partial charge on any atom is 0.188 e. The highest BCUT2D eigenvalue weighted by molar-refractivity contribution is 5.87. The van der Waals surface area contributed by atoms with E-state index in [-0.39, 0.29) is 6.79 Å². The van der Waals surface area contributed by atoms with E-state index in [2.05, 4.69) is 30.1 Å². The van der Waals surface area contributed by atoms with Crippen molar-refractivity contribution >= 4 is 10.8 Å². The van der Waals surface area contributed by atoms with Crippen molar-refractivity contribution in [3.8, 4) is 5.75 Å². The van der Waals surface area contributed by atoms with Gasteiger partial charge in [-0.2, -0.15) is 0 Å². The first-order chi connectivity index (χ1) is 11.6. The summed E-state index contributed by atoms with van der Waals surface area (Å²) in [5.74, 6) is 0.789. The van der Waals surface area contributed by atoms with E-state index in [1.54, 1.807) is 7.11 Å². The van der Waals surface area contributed by atoms with Gasteiger partial charge < -0.3 is 19.5 Å². The molecule has 2 saturated heterocycles. The average Bonchev–Trinajstić information content (AvgIpc) is 2.81. The van der Waals surface area contributed by atoms with Gasteiger partial charge in [0.15, 0.2) is 6.79 Å². The number of hydrogen-bond donors (Lipinski definition) is 1. The SMILES string of the molecule is COCOc1ccc2c(C3(O)CC4CCC(C3)N4C)cccc2c1. The molecule has 2 fully saturated rings. The number of nitrogens with zero attached hydrogens (tertiary/aromatic N) is 1. The lowest BCUT2D eigenvalue weighted by molar-refractivity contribution is -0.0482. The number of rotatable bonds is 4. The van der Waals surface area contributed by atoms with Crippen LogP contribution >= 0.6 is 0 Å². The molecule has 0 aromatic heterocycles. The van der Waals surface area contributed by atoms with Crippen molar-refractivity contribution in [2.45, 2.75) is 43.4 Å². The van der Waals surface area contributed by atoms with Crippen LogP contribution in [0.15, 0.2) is 36.4 Å². The second kappa shape index (κ2) is 6.03. The number of fused-ring (bicyclic) bond motifs is 3. The van der Waals surface area contributed by atoms with Crippen LogP contribution in [-0.4, -0.2) is 43.0 Å². The molecular formula is C20H25NO3. The lowest BCUT2D eigenvalue weighted by atomic mass is 9.79. The summed E-state index contributed by atoms with van der Waals surface area (Å²) in [5.41, 5.74) is 0.329. The smallest absolute Gasteiger partial charge is 0.188 e. The first-order valence-corrected chi connectivity index (χ1v) is 8.70. The van der Waals surface area contributed by atoms with E-state index in [1.165, 1.54) is 12.8 Å². The van der Waals surface area contributed by atoms with Crippen molar-refractivity contribution in [3.05, 3.63) is 42.0 Å². The minimum Gasteiger partial charge on any atom is -0.468 e. The van der Waals surface area contributed by atoms with Gasteiger partial charge in [-0.3, -0.25) is 0 Å². The van der Waals surface area contributed by atoms with E-state index in [1.807, 2.05) is 18.2 Å². The van der Waals surface area contributed by atoms with Gasteiger partial charge in [-0.1, -0.05) is 24.3 Å². The fraction of sp³-hybridized carbons (Fsp3) is 0.500. The summed E-state index contributed by atoms with van der Waals surface area (Å²) in [6, 6.07) is 13.2. The molecule has 0 amide bonds. The van der Waals surface area contributed by atoms with Crippen molar-refractivity contribution in [2.24, 2.45) is 0 Å². The van der Waals surface area contributed by atoms with E-state index in [4.69, 9.17) is 9.47 Å². The number of ether oxygens (including phenoxy) is 2. The zero-order chi connectivity index (χ0) is 16.7. The molecule has 0 aliphatic carbocycles. The van der Waals surface area contributed by atoms with Crippen LogP contribution in [0.1, 0.15) is 31.2 Å². The normalized spacial score (nSPS) is 30.0. The van der Waals surface area contributed by atoms with Gasteiger partial charge in [-0.05, 0) is 61.2 Å². The Morgan fingerprint density at radius 2 is 1.92 bits per heavy atom. The maximum absolute atomic E-state index is 11.5. The Kier molecular flexibility index (Phi) is 3.99. The van der Waals surface area contributed by atoms with E-state index < -0.39 is 5.60 Å². The highest BCUT2D eigenvalue weighted by atomic mass is 16.7. The molecule has 1 N–H and O–H groups in total. The quantitative estimate of drug-likeness (QED) is 0.875. The van der Waals surface area contributed by atoms with Gasteiger partial charge in [0, 0.05) is 19.2 Å². The number of methoxy groups -OCH3 is 1. The van der Waals surface area contributed by atoms with Crippen molar-refractivity contribution in [1.29, 1.82) is 0 Å². The van der Waals surface area contributed by atoms with Crippen LogP contribution in [-0.2, 0) is 10.3 Å². The summed E-state index contributed by atoms with van der Waals surface area (Å²) >= 11 is 0. The van der Waals surface area contributed by atoms with Gasteiger partial charge in [-0.25, -0.2) is 0 Å². The van der Waals surface area contributed by atoms with Gasteiger partial charge >= 0.3 is 0 Å². The van der Waals surface area contributed by atoms with Gasteiger partial charge in [0.05, 0.1) is 5.60 Å². The molecule has 4 nitrogen and oxygen atoms in total. The molecule has 0 spiro atoms. The average molecular weight is 327 g/mol. The van der Waals surface area contributed by atoms with Gasteiger partial charge in [-0.15, -0.1) is 0 Å². The number of piperidine rings is 1. The topological polar surface area (TPSA) is 41.9 Å². The predicted octanol–water partition coefficient (Wildman–Crippen LogP) is 3.27. The van der Waals surface area contributed by atoms with Crippen molar-refractivity contribution in [2.75, 3.05) is 21.0 Å². The monoisotopic (exact) mass is 327 g/mol. The zero-order valence-electron chi connectivity index (χ0n) is 14.4. The molecular weight excluding hydrogens is 302 g/mol. The van der Waals surface area contributed by atoms with Crippen LogP contribution in [0.5, 0.6) is 5.75 Å². The van der Waals surface area contributed by atoms with Crippen molar-refractivity contribution < 1.29 is 14.6 Å². The summed E-state index contributed by atoms with van der Waals surface area (Å²) < 4.78 is 10.5. The standard InChI is InChI=1S/C20H25NO3/c1-21-15-6-7-16(21)12-20(22,11-15)19-5-3-4-14-10-17(24-13-23-2)8-9-18(14)19/h3-5,8-10,15-16,22H,6-7,11-13H2,1-2H3. The number of aliphatic hydroxyl groups is 1. The summed E-state index contributed by atoms with van der Waals surface area (Å²) in [6.07, 6.45) is 4.04.